The lowest BCUT2D eigenvalue weighted by atomic mass is 10.1. The summed E-state index contributed by atoms with van der Waals surface area (Å²) in [7, 11) is 2.02. The summed E-state index contributed by atoms with van der Waals surface area (Å²) in [6, 6.07) is -1.37. The van der Waals surface area contributed by atoms with Gasteiger partial charge < -0.3 is 38.1 Å². The number of hydrogen-bond acceptors (Lipinski definition) is 15. The van der Waals surface area contributed by atoms with Crippen LogP contribution in [0.2, 0.25) is 0 Å². The zero-order chi connectivity index (χ0) is 56.1. The smallest absolute Gasteiger partial charge is 0.410 e. The van der Waals surface area contributed by atoms with Crippen molar-refractivity contribution in [2.45, 2.75) is 264 Å². The van der Waals surface area contributed by atoms with E-state index in [1.54, 1.807) is 0 Å². The minimum Gasteiger partial charge on any atom is -0.465 e. The van der Waals surface area contributed by atoms with E-state index in [-0.39, 0.29) is 108 Å². The second-order valence-electron chi connectivity index (χ2n) is 21.9. The van der Waals surface area contributed by atoms with Crippen molar-refractivity contribution in [3.63, 3.8) is 0 Å². The molecule has 0 N–H and O–H groups in total. The molecule has 0 aliphatic carbocycles. The molecule has 1 amide bonds. The van der Waals surface area contributed by atoms with Gasteiger partial charge in [0, 0.05) is 50.6 Å². The fourth-order valence-corrected chi connectivity index (χ4v) is 9.56. The first-order chi connectivity index (χ1) is 37.4. The molecule has 0 spiro atoms. The van der Waals surface area contributed by atoms with Crippen molar-refractivity contribution in [2.24, 2.45) is 11.8 Å². The van der Waals surface area contributed by atoms with E-state index in [4.69, 9.17) is 33.2 Å². The van der Waals surface area contributed by atoms with Crippen LogP contribution in [-0.4, -0.2) is 130 Å². The molecule has 2 rings (SSSR count). The van der Waals surface area contributed by atoms with Crippen molar-refractivity contribution in [3.8, 4) is 0 Å². The summed E-state index contributed by atoms with van der Waals surface area (Å²) in [5.74, 6) is -3.98. The first-order valence-electron chi connectivity index (χ1n) is 30.6. The molecule has 0 radical (unpaired) electrons. The zero-order valence-corrected chi connectivity index (χ0v) is 48.8. The van der Waals surface area contributed by atoms with Gasteiger partial charge in [0.2, 0.25) is 0 Å². The quantitative estimate of drug-likeness (QED) is 0.0242. The topological polar surface area (TPSA) is 191 Å². The molecule has 0 bridgehead atoms. The molecule has 1 fully saturated rings. The standard InChI is InChI=1S/C61H106N2O14/c1-6-10-14-18-22-26-34-55(64)71-44-50(45-72-56(65)35-27-23-19-15-11-7-2)42-59(68)75-48-52-32-30-31-33-53(63(52)61(70)77-54-38-40-62(5)41-39-54)49-76-60(69)43-51(46-73-57(66)36-28-24-20-16-12-8-3)47-74-58(67)37-29-25-21-17-13-9-4/h30-31,50-54H,6-29,32-49H2,1-5H3/t52-,53-/m0/s1. The van der Waals surface area contributed by atoms with E-state index < -0.39 is 42.0 Å². The summed E-state index contributed by atoms with van der Waals surface area (Å²) in [6.45, 7) is 9.28. The summed E-state index contributed by atoms with van der Waals surface area (Å²) >= 11 is 0. The summed E-state index contributed by atoms with van der Waals surface area (Å²) in [5.41, 5.74) is 0. The van der Waals surface area contributed by atoms with E-state index >= 15 is 0 Å². The van der Waals surface area contributed by atoms with Crippen LogP contribution in [0, 0.1) is 11.8 Å². The van der Waals surface area contributed by atoms with Gasteiger partial charge in [-0.1, -0.05) is 168 Å². The second-order valence-corrected chi connectivity index (χ2v) is 21.9. The molecular formula is C61H106N2O14. The van der Waals surface area contributed by atoms with Crippen LogP contribution in [0.3, 0.4) is 0 Å². The van der Waals surface area contributed by atoms with E-state index in [1.807, 2.05) is 19.2 Å². The van der Waals surface area contributed by atoms with Crippen molar-refractivity contribution < 1.29 is 66.7 Å². The van der Waals surface area contributed by atoms with Gasteiger partial charge in [-0.25, -0.2) is 4.79 Å². The third-order valence-electron chi connectivity index (χ3n) is 14.6. The fourth-order valence-electron chi connectivity index (χ4n) is 9.56. The molecule has 2 aliphatic heterocycles. The monoisotopic (exact) mass is 1090 g/mol. The predicted octanol–water partition coefficient (Wildman–Crippen LogP) is 12.9. The first kappa shape index (κ1) is 68.9. The molecule has 16 heteroatoms. The molecule has 77 heavy (non-hydrogen) atoms. The minimum absolute atomic E-state index is 0.118. The highest BCUT2D eigenvalue weighted by Crippen LogP contribution is 2.24. The highest BCUT2D eigenvalue weighted by Gasteiger charge is 2.36. The Morgan fingerprint density at radius 2 is 0.714 bits per heavy atom. The van der Waals surface area contributed by atoms with E-state index in [1.165, 1.54) is 4.90 Å². The number of esters is 6. The van der Waals surface area contributed by atoms with Crippen LogP contribution in [-0.2, 0) is 61.9 Å². The van der Waals surface area contributed by atoms with Crippen LogP contribution in [0.15, 0.2) is 12.2 Å². The van der Waals surface area contributed by atoms with Crippen molar-refractivity contribution in [3.05, 3.63) is 12.2 Å². The lowest BCUT2D eigenvalue weighted by Crippen LogP contribution is -2.52. The van der Waals surface area contributed by atoms with Crippen molar-refractivity contribution in [1.29, 1.82) is 0 Å². The Hall–Kier alpha value is -4.21. The van der Waals surface area contributed by atoms with Gasteiger partial charge in [0.05, 0.1) is 51.4 Å². The molecule has 0 aromatic rings. The van der Waals surface area contributed by atoms with Gasteiger partial charge in [-0.15, -0.1) is 0 Å². The number of hydrogen-bond donors (Lipinski definition) is 0. The molecule has 0 unspecified atom stereocenters. The lowest BCUT2D eigenvalue weighted by molar-refractivity contribution is -0.156. The van der Waals surface area contributed by atoms with E-state index in [0.29, 0.717) is 51.4 Å². The summed E-state index contributed by atoms with van der Waals surface area (Å²) in [6.07, 6.45) is 30.0. The molecule has 2 heterocycles. The Morgan fingerprint density at radius 1 is 0.416 bits per heavy atom. The maximum atomic E-state index is 14.3. The molecule has 2 aliphatic rings. The van der Waals surface area contributed by atoms with Gasteiger partial charge in [-0.05, 0) is 58.4 Å². The van der Waals surface area contributed by atoms with Crippen LogP contribution < -0.4 is 0 Å². The number of carbonyl (C=O) groups is 7. The molecule has 2 atom stereocenters. The number of carbonyl (C=O) groups excluding carboxylic acids is 7. The van der Waals surface area contributed by atoms with Crippen LogP contribution in [0.25, 0.3) is 0 Å². The van der Waals surface area contributed by atoms with Gasteiger partial charge in [0.25, 0.3) is 0 Å². The number of rotatable bonds is 45. The largest absolute Gasteiger partial charge is 0.465 e. The third kappa shape index (κ3) is 35.8. The van der Waals surface area contributed by atoms with E-state index in [0.717, 1.165) is 142 Å². The van der Waals surface area contributed by atoms with Gasteiger partial charge in [0.15, 0.2) is 0 Å². The molecule has 1 saturated heterocycles. The maximum absolute atomic E-state index is 14.3. The number of nitrogens with zero attached hydrogens (tertiary/aromatic N) is 2. The number of unbranched alkanes of at least 4 members (excludes halogenated alkanes) is 20. The van der Waals surface area contributed by atoms with E-state index in [9.17, 15) is 33.6 Å². The molecule has 0 saturated carbocycles. The first-order valence-corrected chi connectivity index (χ1v) is 30.6. The Balaban J connectivity index is 2.18. The molecule has 444 valence electrons. The van der Waals surface area contributed by atoms with E-state index in [2.05, 4.69) is 32.6 Å². The number of likely N-dealkylation sites (tertiary alicyclic amines) is 1. The predicted molar refractivity (Wildman–Crippen MR) is 299 cm³/mol. The SMILES string of the molecule is CCCCCCCCC(=O)OCC(COC(=O)CCCCCCCC)CC(=O)OC[C@@H]1CC=CC[C@@H](COC(=O)CC(COC(=O)CCCCCCCC)COC(=O)CCCCCCCC)N1C(=O)OC1CCN(C)CC1. The maximum Gasteiger partial charge on any atom is 0.410 e. The summed E-state index contributed by atoms with van der Waals surface area (Å²) in [5, 5.41) is 0. The Kier molecular flexibility index (Phi) is 40.8. The number of amides is 1. The number of ether oxygens (including phenoxy) is 7. The average Bonchev–Trinajstić information content (AvgIpc) is 3.63. The van der Waals surface area contributed by atoms with Gasteiger partial charge in [-0.3, -0.25) is 33.7 Å². The number of piperidine rings is 1. The average molecular weight is 1090 g/mol. The Morgan fingerprint density at radius 3 is 1.03 bits per heavy atom. The van der Waals surface area contributed by atoms with Crippen molar-refractivity contribution in [2.75, 3.05) is 59.8 Å². The molecule has 0 aromatic carbocycles. The Labute approximate surface area is 464 Å². The third-order valence-corrected chi connectivity index (χ3v) is 14.6. The summed E-state index contributed by atoms with van der Waals surface area (Å²) < 4.78 is 40.4. The molecule has 16 nitrogen and oxygen atoms in total. The van der Waals surface area contributed by atoms with Crippen LogP contribution in [0.1, 0.15) is 246 Å². The second kappa shape index (κ2) is 45.6. The highest BCUT2D eigenvalue weighted by molar-refractivity contribution is 5.73. The van der Waals surface area contributed by atoms with Gasteiger partial charge >= 0.3 is 41.9 Å². The molecule has 0 aromatic heterocycles. The van der Waals surface area contributed by atoms with Crippen molar-refractivity contribution in [1.82, 2.24) is 9.80 Å². The van der Waals surface area contributed by atoms with Crippen LogP contribution in [0.4, 0.5) is 4.79 Å². The van der Waals surface area contributed by atoms with Gasteiger partial charge in [-0.2, -0.15) is 0 Å². The normalized spacial score (nSPS) is 16.0. The van der Waals surface area contributed by atoms with Crippen LogP contribution >= 0.6 is 0 Å². The molecular weight excluding hydrogens is 985 g/mol. The zero-order valence-electron chi connectivity index (χ0n) is 48.8. The highest BCUT2D eigenvalue weighted by atomic mass is 16.6. The fraction of sp³-hybridized carbons (Fsp3) is 0.852. The van der Waals surface area contributed by atoms with Crippen LogP contribution in [0.5, 0.6) is 0 Å². The Bertz CT molecular complexity index is 1470. The van der Waals surface area contributed by atoms with Crippen molar-refractivity contribution >= 4 is 41.9 Å². The lowest BCUT2D eigenvalue weighted by Gasteiger charge is -2.37. The van der Waals surface area contributed by atoms with Gasteiger partial charge in [0.1, 0.15) is 19.3 Å². The summed E-state index contributed by atoms with van der Waals surface area (Å²) in [4.78, 5) is 96.5. The minimum atomic E-state index is -0.686.